The molecule has 0 radical (unpaired) electrons. The number of hydrogen-bond donors (Lipinski definition) is 3. The van der Waals surface area contributed by atoms with Gasteiger partial charge in [0.05, 0.1) is 0 Å². The highest BCUT2D eigenvalue weighted by atomic mass is 19.1. The SMILES string of the molecule is CN(C)CCNC(=O)c1cc(C(=O)O)c(O)c2ncc(Cc3ccc(F)cc3)cc12. The minimum atomic E-state index is -1.35. The number of nitrogens with zero attached hydrogens (tertiary/aromatic N) is 2. The number of phenols is 1. The van der Waals surface area contributed by atoms with Crippen molar-refractivity contribution in [1.82, 2.24) is 15.2 Å². The Kier molecular flexibility index (Phi) is 6.27. The van der Waals surface area contributed by atoms with Crippen molar-refractivity contribution in [1.29, 1.82) is 0 Å². The van der Waals surface area contributed by atoms with E-state index in [1.165, 1.54) is 18.3 Å². The number of aromatic nitrogens is 1. The Morgan fingerprint density at radius 2 is 1.80 bits per heavy atom. The van der Waals surface area contributed by atoms with Crippen LogP contribution in [0, 0.1) is 5.82 Å². The molecule has 0 unspecified atom stereocenters. The zero-order valence-electron chi connectivity index (χ0n) is 16.6. The Morgan fingerprint density at radius 1 is 1.10 bits per heavy atom. The van der Waals surface area contributed by atoms with Crippen molar-refractivity contribution in [2.75, 3.05) is 27.2 Å². The van der Waals surface area contributed by atoms with E-state index in [9.17, 15) is 24.2 Å². The van der Waals surface area contributed by atoms with E-state index >= 15 is 0 Å². The van der Waals surface area contributed by atoms with E-state index in [1.807, 2.05) is 19.0 Å². The number of carboxylic acids is 1. The number of carboxylic acid groups (broad SMARTS) is 1. The van der Waals surface area contributed by atoms with Crippen molar-refractivity contribution in [2.45, 2.75) is 6.42 Å². The van der Waals surface area contributed by atoms with Crippen molar-refractivity contribution >= 4 is 22.8 Å². The number of amides is 1. The van der Waals surface area contributed by atoms with E-state index in [1.54, 1.807) is 18.2 Å². The van der Waals surface area contributed by atoms with Crippen LogP contribution in [0.5, 0.6) is 5.75 Å². The molecule has 1 amide bonds. The quantitative estimate of drug-likeness (QED) is 0.552. The van der Waals surface area contributed by atoms with E-state index in [0.29, 0.717) is 24.9 Å². The van der Waals surface area contributed by atoms with Crippen LogP contribution in [0.15, 0.2) is 42.6 Å². The summed E-state index contributed by atoms with van der Waals surface area (Å²) in [4.78, 5) is 30.4. The van der Waals surface area contributed by atoms with Gasteiger partial charge in [-0.3, -0.25) is 9.78 Å². The number of aromatic carboxylic acids is 1. The van der Waals surface area contributed by atoms with Gasteiger partial charge >= 0.3 is 5.97 Å². The summed E-state index contributed by atoms with van der Waals surface area (Å²) < 4.78 is 13.1. The minimum absolute atomic E-state index is 0.0375. The molecule has 30 heavy (non-hydrogen) atoms. The summed E-state index contributed by atoms with van der Waals surface area (Å²) in [5.41, 5.74) is 1.35. The molecule has 1 heterocycles. The number of nitrogens with one attached hydrogen (secondary N) is 1. The number of pyridine rings is 1. The first-order valence-electron chi connectivity index (χ1n) is 9.31. The van der Waals surface area contributed by atoms with Gasteiger partial charge in [-0.05, 0) is 55.9 Å². The van der Waals surface area contributed by atoms with Crippen LogP contribution in [-0.2, 0) is 6.42 Å². The zero-order valence-corrected chi connectivity index (χ0v) is 16.6. The van der Waals surface area contributed by atoms with Crippen LogP contribution >= 0.6 is 0 Å². The maximum atomic E-state index is 13.1. The van der Waals surface area contributed by atoms with Gasteiger partial charge in [0.15, 0.2) is 5.75 Å². The number of carbonyl (C=O) groups excluding carboxylic acids is 1. The molecule has 0 saturated heterocycles. The molecular weight excluding hydrogens is 389 g/mol. The lowest BCUT2D eigenvalue weighted by molar-refractivity contribution is 0.0694. The van der Waals surface area contributed by atoms with E-state index in [2.05, 4.69) is 10.3 Å². The van der Waals surface area contributed by atoms with Crippen molar-refractivity contribution in [3.8, 4) is 5.75 Å². The van der Waals surface area contributed by atoms with Gasteiger partial charge in [-0.2, -0.15) is 0 Å². The average Bonchev–Trinajstić information content (AvgIpc) is 2.69. The van der Waals surface area contributed by atoms with Gasteiger partial charge in [0.1, 0.15) is 16.9 Å². The number of likely N-dealkylation sites (N-methyl/N-ethyl adjacent to an activating group) is 1. The highest BCUT2D eigenvalue weighted by molar-refractivity contribution is 6.11. The standard InChI is InChI=1S/C22H22FN3O4/c1-26(2)8-7-24-21(28)17-11-18(22(29)30)20(27)19-16(17)10-14(12-25-19)9-13-3-5-15(23)6-4-13/h3-6,10-12,27H,7-9H2,1-2H3,(H,24,28)(H,29,30). The van der Waals surface area contributed by atoms with Crippen LogP contribution < -0.4 is 5.32 Å². The summed E-state index contributed by atoms with van der Waals surface area (Å²) in [5, 5.41) is 22.9. The molecule has 0 fully saturated rings. The molecule has 0 saturated carbocycles. The number of aromatic hydroxyl groups is 1. The third kappa shape index (κ3) is 4.72. The fourth-order valence-electron chi connectivity index (χ4n) is 3.09. The molecule has 0 spiro atoms. The molecule has 0 aliphatic rings. The lowest BCUT2D eigenvalue weighted by Crippen LogP contribution is -2.31. The molecule has 1 aromatic heterocycles. The fraction of sp³-hybridized carbons (Fsp3) is 0.227. The molecule has 2 aromatic carbocycles. The second-order valence-electron chi connectivity index (χ2n) is 7.23. The van der Waals surface area contributed by atoms with Crippen molar-refractivity contribution in [3.05, 3.63) is 70.7 Å². The summed E-state index contributed by atoms with van der Waals surface area (Å²) in [6.07, 6.45) is 1.94. The normalized spacial score (nSPS) is 11.1. The van der Waals surface area contributed by atoms with Gasteiger partial charge in [-0.25, -0.2) is 9.18 Å². The Bertz CT molecular complexity index is 1100. The molecular formula is C22H22FN3O4. The van der Waals surface area contributed by atoms with Gasteiger partial charge in [-0.15, -0.1) is 0 Å². The van der Waals surface area contributed by atoms with Gasteiger partial charge in [0, 0.05) is 30.2 Å². The fourth-order valence-corrected chi connectivity index (χ4v) is 3.09. The average molecular weight is 411 g/mol. The maximum Gasteiger partial charge on any atom is 0.339 e. The largest absolute Gasteiger partial charge is 0.505 e. The van der Waals surface area contributed by atoms with Crippen molar-refractivity contribution in [2.24, 2.45) is 0 Å². The van der Waals surface area contributed by atoms with Crippen LogP contribution in [0.2, 0.25) is 0 Å². The van der Waals surface area contributed by atoms with Crippen molar-refractivity contribution in [3.63, 3.8) is 0 Å². The van der Waals surface area contributed by atoms with Crippen LogP contribution in [0.25, 0.3) is 10.9 Å². The maximum absolute atomic E-state index is 13.1. The third-order valence-electron chi connectivity index (χ3n) is 4.64. The number of fused-ring (bicyclic) bond motifs is 1. The monoisotopic (exact) mass is 411 g/mol. The second kappa shape index (κ2) is 8.87. The zero-order chi connectivity index (χ0) is 21.8. The first-order valence-corrected chi connectivity index (χ1v) is 9.31. The Balaban J connectivity index is 2.04. The van der Waals surface area contributed by atoms with Crippen LogP contribution in [0.1, 0.15) is 31.8 Å². The molecule has 156 valence electrons. The lowest BCUT2D eigenvalue weighted by atomic mass is 9.99. The number of hydrogen-bond acceptors (Lipinski definition) is 5. The smallest absolute Gasteiger partial charge is 0.339 e. The van der Waals surface area contributed by atoms with Gasteiger partial charge in [0.25, 0.3) is 5.91 Å². The van der Waals surface area contributed by atoms with Crippen LogP contribution in [-0.4, -0.2) is 59.2 Å². The van der Waals surface area contributed by atoms with E-state index in [0.717, 1.165) is 17.2 Å². The molecule has 8 heteroatoms. The number of rotatable bonds is 7. The topological polar surface area (TPSA) is 103 Å². The molecule has 0 atom stereocenters. The highest BCUT2D eigenvalue weighted by Crippen LogP contribution is 2.31. The van der Waals surface area contributed by atoms with Gasteiger partial charge in [-0.1, -0.05) is 12.1 Å². The molecule has 3 N–H and O–H groups in total. The summed E-state index contributed by atoms with van der Waals surface area (Å²) in [7, 11) is 3.74. The number of carbonyl (C=O) groups is 2. The van der Waals surface area contributed by atoms with Crippen molar-refractivity contribution < 1.29 is 24.2 Å². The van der Waals surface area contributed by atoms with Gasteiger partial charge in [0.2, 0.25) is 0 Å². The Hall–Kier alpha value is -3.52. The number of benzene rings is 2. The van der Waals surface area contributed by atoms with E-state index in [-0.39, 0.29) is 22.5 Å². The summed E-state index contributed by atoms with van der Waals surface area (Å²) >= 11 is 0. The van der Waals surface area contributed by atoms with Crippen LogP contribution in [0.3, 0.4) is 0 Å². The molecule has 0 aliphatic heterocycles. The number of halogens is 1. The molecule has 0 aliphatic carbocycles. The summed E-state index contributed by atoms with van der Waals surface area (Å²) in [6, 6.07) is 8.88. The third-order valence-corrected chi connectivity index (χ3v) is 4.64. The predicted molar refractivity (Wildman–Crippen MR) is 110 cm³/mol. The minimum Gasteiger partial charge on any atom is -0.505 e. The lowest BCUT2D eigenvalue weighted by Gasteiger charge is -2.14. The Labute approximate surface area is 172 Å². The first-order chi connectivity index (χ1) is 14.3. The van der Waals surface area contributed by atoms with Gasteiger partial charge < -0.3 is 20.4 Å². The van der Waals surface area contributed by atoms with E-state index in [4.69, 9.17) is 0 Å². The highest BCUT2D eigenvalue weighted by Gasteiger charge is 2.21. The molecule has 7 nitrogen and oxygen atoms in total. The predicted octanol–water partition coefficient (Wildman–Crippen LogP) is 2.66. The summed E-state index contributed by atoms with van der Waals surface area (Å²) in [6.45, 7) is 0.987. The second-order valence-corrected chi connectivity index (χ2v) is 7.23. The van der Waals surface area contributed by atoms with Crippen LogP contribution in [0.4, 0.5) is 4.39 Å². The molecule has 3 rings (SSSR count). The summed E-state index contributed by atoms with van der Waals surface area (Å²) in [5.74, 6) is -2.63. The molecule has 0 bridgehead atoms. The Morgan fingerprint density at radius 3 is 2.43 bits per heavy atom. The van der Waals surface area contributed by atoms with E-state index < -0.39 is 17.6 Å². The first kappa shape index (κ1) is 21.2. The molecule has 3 aromatic rings.